The SMILES string of the molecule is CCCCCCNC(=O)CCn1c(-c2ccc(OCC)cc2)n[nH]c1=S. The molecule has 6 nitrogen and oxygen atoms in total. The molecule has 0 bridgehead atoms. The number of H-pyrrole nitrogens is 1. The van der Waals surface area contributed by atoms with Gasteiger partial charge >= 0.3 is 0 Å². The number of nitrogens with one attached hydrogen (secondary N) is 2. The summed E-state index contributed by atoms with van der Waals surface area (Å²) in [6.45, 7) is 5.99. The lowest BCUT2D eigenvalue weighted by Gasteiger charge is -2.09. The predicted molar refractivity (Wildman–Crippen MR) is 106 cm³/mol. The molecule has 0 radical (unpaired) electrons. The zero-order valence-corrected chi connectivity index (χ0v) is 16.4. The van der Waals surface area contributed by atoms with Crippen LogP contribution >= 0.6 is 12.2 Å². The van der Waals surface area contributed by atoms with Gasteiger partial charge in [0.15, 0.2) is 10.6 Å². The van der Waals surface area contributed by atoms with Crippen molar-refractivity contribution < 1.29 is 9.53 Å². The number of rotatable bonds is 11. The van der Waals surface area contributed by atoms with Gasteiger partial charge in [0.05, 0.1) is 6.61 Å². The molecule has 0 aliphatic carbocycles. The molecule has 26 heavy (non-hydrogen) atoms. The fraction of sp³-hybridized carbons (Fsp3) is 0.526. The maximum absolute atomic E-state index is 12.0. The molecule has 2 N–H and O–H groups in total. The van der Waals surface area contributed by atoms with Crippen molar-refractivity contribution in [1.82, 2.24) is 20.1 Å². The molecule has 1 aromatic carbocycles. The van der Waals surface area contributed by atoms with E-state index in [1.165, 1.54) is 12.8 Å². The smallest absolute Gasteiger partial charge is 0.221 e. The van der Waals surface area contributed by atoms with Crippen molar-refractivity contribution >= 4 is 18.1 Å². The van der Waals surface area contributed by atoms with Crippen LogP contribution in [0.2, 0.25) is 0 Å². The Kier molecular flexibility index (Phi) is 8.34. The van der Waals surface area contributed by atoms with E-state index >= 15 is 0 Å². The van der Waals surface area contributed by atoms with Gasteiger partial charge in [-0.2, -0.15) is 5.10 Å². The van der Waals surface area contributed by atoms with Gasteiger partial charge in [0.25, 0.3) is 0 Å². The van der Waals surface area contributed by atoms with Crippen LogP contribution in [0.25, 0.3) is 11.4 Å². The number of unbranched alkanes of at least 4 members (excludes halogenated alkanes) is 3. The lowest BCUT2D eigenvalue weighted by molar-refractivity contribution is -0.121. The summed E-state index contributed by atoms with van der Waals surface area (Å²) in [4.78, 5) is 12.0. The van der Waals surface area contributed by atoms with Crippen molar-refractivity contribution in [3.63, 3.8) is 0 Å². The van der Waals surface area contributed by atoms with Crippen molar-refractivity contribution in [3.8, 4) is 17.1 Å². The fourth-order valence-corrected chi connectivity index (χ4v) is 2.92. The standard InChI is InChI=1S/C19H28N4O2S/c1-3-5-6-7-13-20-17(24)12-14-23-18(21-22-19(23)26)15-8-10-16(11-9-15)25-4-2/h8-11H,3-7,12-14H2,1-2H3,(H,20,24)(H,22,26). The number of ether oxygens (including phenoxy) is 1. The molecular formula is C19H28N4O2S. The van der Waals surface area contributed by atoms with Gasteiger partial charge in [-0.05, 0) is 49.8 Å². The lowest BCUT2D eigenvalue weighted by Crippen LogP contribution is -2.25. The number of carbonyl (C=O) groups is 1. The summed E-state index contributed by atoms with van der Waals surface area (Å²) < 4.78 is 7.85. The molecule has 0 spiro atoms. The summed E-state index contributed by atoms with van der Waals surface area (Å²) in [7, 11) is 0. The minimum absolute atomic E-state index is 0.0437. The molecule has 142 valence electrons. The second kappa shape index (κ2) is 10.8. The first-order chi connectivity index (χ1) is 12.7. The number of amides is 1. The molecular weight excluding hydrogens is 348 g/mol. The Labute approximate surface area is 160 Å². The van der Waals surface area contributed by atoms with E-state index in [2.05, 4.69) is 22.4 Å². The maximum Gasteiger partial charge on any atom is 0.221 e. The normalized spacial score (nSPS) is 10.7. The molecule has 1 amide bonds. The zero-order chi connectivity index (χ0) is 18.8. The lowest BCUT2D eigenvalue weighted by atomic mass is 10.2. The van der Waals surface area contributed by atoms with Gasteiger partial charge in [0.2, 0.25) is 5.91 Å². The van der Waals surface area contributed by atoms with Crippen molar-refractivity contribution in [1.29, 1.82) is 0 Å². The average molecular weight is 377 g/mol. The van der Waals surface area contributed by atoms with E-state index in [1.807, 2.05) is 35.8 Å². The highest BCUT2D eigenvalue weighted by molar-refractivity contribution is 7.71. The molecule has 0 aliphatic rings. The fourth-order valence-electron chi connectivity index (χ4n) is 2.69. The van der Waals surface area contributed by atoms with E-state index < -0.39 is 0 Å². The summed E-state index contributed by atoms with van der Waals surface area (Å²) in [5, 5.41) is 10.1. The third-order valence-corrected chi connectivity index (χ3v) is 4.41. The summed E-state index contributed by atoms with van der Waals surface area (Å²) >= 11 is 5.32. The Morgan fingerprint density at radius 2 is 2.00 bits per heavy atom. The number of nitrogens with zero attached hydrogens (tertiary/aromatic N) is 2. The Morgan fingerprint density at radius 3 is 2.69 bits per heavy atom. The zero-order valence-electron chi connectivity index (χ0n) is 15.6. The third-order valence-electron chi connectivity index (χ3n) is 4.10. The molecule has 1 heterocycles. The minimum atomic E-state index is 0.0437. The monoisotopic (exact) mass is 376 g/mol. The molecule has 2 aromatic rings. The van der Waals surface area contributed by atoms with Gasteiger partial charge in [0, 0.05) is 25.1 Å². The van der Waals surface area contributed by atoms with Crippen LogP contribution < -0.4 is 10.1 Å². The highest BCUT2D eigenvalue weighted by atomic mass is 32.1. The van der Waals surface area contributed by atoms with Crippen molar-refractivity contribution in [2.75, 3.05) is 13.2 Å². The first-order valence-corrected chi connectivity index (χ1v) is 9.71. The maximum atomic E-state index is 12.0. The van der Waals surface area contributed by atoms with Crippen LogP contribution in [0.4, 0.5) is 0 Å². The number of aromatic nitrogens is 3. The van der Waals surface area contributed by atoms with Crippen molar-refractivity contribution in [2.24, 2.45) is 0 Å². The Hall–Kier alpha value is -2.15. The molecule has 0 fully saturated rings. The Balaban J connectivity index is 1.93. The van der Waals surface area contributed by atoms with E-state index in [1.54, 1.807) is 0 Å². The second-order valence-electron chi connectivity index (χ2n) is 6.12. The van der Waals surface area contributed by atoms with Crippen molar-refractivity contribution in [3.05, 3.63) is 29.0 Å². The van der Waals surface area contributed by atoms with Gasteiger partial charge in [0.1, 0.15) is 5.75 Å². The van der Waals surface area contributed by atoms with Crippen LogP contribution in [0.15, 0.2) is 24.3 Å². The summed E-state index contributed by atoms with van der Waals surface area (Å²) in [6.07, 6.45) is 4.98. The number of aromatic amines is 1. The van der Waals surface area contributed by atoms with E-state index in [0.29, 0.717) is 24.3 Å². The topological polar surface area (TPSA) is 71.9 Å². The van der Waals surface area contributed by atoms with Gasteiger partial charge in [-0.3, -0.25) is 14.5 Å². The summed E-state index contributed by atoms with van der Waals surface area (Å²) in [5.41, 5.74) is 0.931. The molecule has 2 rings (SSSR count). The first kappa shape index (κ1) is 20.2. The molecule has 0 saturated carbocycles. The van der Waals surface area contributed by atoms with Gasteiger partial charge in [-0.1, -0.05) is 26.2 Å². The molecule has 0 atom stereocenters. The van der Waals surface area contributed by atoms with Crippen LogP contribution in [-0.4, -0.2) is 33.8 Å². The van der Waals surface area contributed by atoms with E-state index in [-0.39, 0.29) is 5.91 Å². The summed E-state index contributed by atoms with van der Waals surface area (Å²) in [5.74, 6) is 1.59. The van der Waals surface area contributed by atoms with Crippen LogP contribution in [0, 0.1) is 4.77 Å². The van der Waals surface area contributed by atoms with Gasteiger partial charge in [-0.25, -0.2) is 0 Å². The van der Waals surface area contributed by atoms with E-state index in [0.717, 1.165) is 36.5 Å². The number of carbonyl (C=O) groups excluding carboxylic acids is 1. The average Bonchev–Trinajstić information content (AvgIpc) is 3.01. The molecule has 1 aromatic heterocycles. The second-order valence-corrected chi connectivity index (χ2v) is 6.51. The Bertz CT molecular complexity index is 737. The highest BCUT2D eigenvalue weighted by Crippen LogP contribution is 2.21. The van der Waals surface area contributed by atoms with E-state index in [4.69, 9.17) is 17.0 Å². The minimum Gasteiger partial charge on any atom is -0.494 e. The van der Waals surface area contributed by atoms with Crippen molar-refractivity contribution in [2.45, 2.75) is 52.5 Å². The Morgan fingerprint density at radius 1 is 1.23 bits per heavy atom. The molecule has 0 unspecified atom stereocenters. The van der Waals surface area contributed by atoms with Crippen LogP contribution in [0.1, 0.15) is 46.0 Å². The number of benzene rings is 1. The third kappa shape index (κ3) is 5.98. The first-order valence-electron chi connectivity index (χ1n) is 9.30. The van der Waals surface area contributed by atoms with Crippen LogP contribution in [0.5, 0.6) is 5.75 Å². The largest absolute Gasteiger partial charge is 0.494 e. The molecule has 0 aliphatic heterocycles. The number of hydrogen-bond donors (Lipinski definition) is 2. The highest BCUT2D eigenvalue weighted by Gasteiger charge is 2.11. The number of hydrogen-bond acceptors (Lipinski definition) is 4. The van der Waals surface area contributed by atoms with Gasteiger partial charge < -0.3 is 10.1 Å². The predicted octanol–water partition coefficient (Wildman–Crippen LogP) is 4.09. The van der Waals surface area contributed by atoms with E-state index in [9.17, 15) is 4.79 Å². The van der Waals surface area contributed by atoms with Crippen LogP contribution in [-0.2, 0) is 11.3 Å². The quantitative estimate of drug-likeness (QED) is 0.458. The molecule has 0 saturated heterocycles. The van der Waals surface area contributed by atoms with Gasteiger partial charge in [-0.15, -0.1) is 0 Å². The van der Waals surface area contributed by atoms with Crippen LogP contribution in [0.3, 0.4) is 0 Å². The summed E-state index contributed by atoms with van der Waals surface area (Å²) in [6, 6.07) is 7.70. The molecule has 7 heteroatoms.